The Hall–Kier alpha value is -2.11. The molecule has 2 rings (SSSR count). The molecular weight excluding hydrogens is 174 g/mol. The van der Waals surface area contributed by atoms with Crippen LogP contribution in [0.2, 0.25) is 0 Å². The van der Waals surface area contributed by atoms with Crippen molar-refractivity contribution < 1.29 is 9.90 Å². The smallest absolute Gasteiger partial charge is 0.352 e. The van der Waals surface area contributed by atoms with Crippen LogP contribution in [0.25, 0.3) is 11.0 Å². The Morgan fingerprint density at radius 2 is 2.31 bits per heavy atom. The summed E-state index contributed by atoms with van der Waals surface area (Å²) < 4.78 is 0. The van der Waals surface area contributed by atoms with Gasteiger partial charge in [0.25, 0.3) is 0 Å². The highest BCUT2D eigenvalue weighted by Crippen LogP contribution is 2.02. The van der Waals surface area contributed by atoms with Gasteiger partial charge in [-0.1, -0.05) is 0 Å². The van der Waals surface area contributed by atoms with E-state index in [0.717, 1.165) is 6.07 Å². The molecule has 13 heavy (non-hydrogen) atoms. The summed E-state index contributed by atoms with van der Waals surface area (Å²) in [5.41, 5.74) is -0.188. The van der Waals surface area contributed by atoms with Crippen molar-refractivity contribution in [3.8, 4) is 0 Å². The third-order valence-electron chi connectivity index (χ3n) is 1.67. The molecule has 0 aliphatic carbocycles. The number of aromatic amines is 2. The summed E-state index contributed by atoms with van der Waals surface area (Å²) in [6.07, 6.45) is 1.35. The van der Waals surface area contributed by atoms with Gasteiger partial charge in [0.15, 0.2) is 5.43 Å². The molecule has 0 fully saturated rings. The van der Waals surface area contributed by atoms with Crippen molar-refractivity contribution in [1.82, 2.24) is 15.2 Å². The lowest BCUT2D eigenvalue weighted by molar-refractivity contribution is 0.0691. The Balaban J connectivity index is 2.85. The summed E-state index contributed by atoms with van der Waals surface area (Å²) in [7, 11) is 0. The van der Waals surface area contributed by atoms with Crippen molar-refractivity contribution in [2.24, 2.45) is 0 Å². The SMILES string of the molecule is O=C(O)c1cc(=O)c2cn[nH]c2[nH]1. The molecule has 0 spiro atoms. The molecule has 0 atom stereocenters. The molecule has 6 heteroatoms. The number of aromatic carboxylic acids is 1. The quantitative estimate of drug-likeness (QED) is 0.571. The molecule has 0 aliphatic heterocycles. The zero-order chi connectivity index (χ0) is 9.42. The van der Waals surface area contributed by atoms with Gasteiger partial charge >= 0.3 is 5.97 Å². The van der Waals surface area contributed by atoms with Crippen molar-refractivity contribution in [3.05, 3.63) is 28.2 Å². The number of carboxylic acids is 1. The van der Waals surface area contributed by atoms with Crippen LogP contribution in [0.3, 0.4) is 0 Å². The molecule has 2 heterocycles. The van der Waals surface area contributed by atoms with Gasteiger partial charge < -0.3 is 10.1 Å². The number of carboxylic acid groups (broad SMARTS) is 1. The second-order valence-corrected chi connectivity index (χ2v) is 2.51. The molecule has 0 aromatic carbocycles. The molecule has 2 aromatic rings. The van der Waals surface area contributed by atoms with E-state index < -0.39 is 5.97 Å². The molecule has 3 N–H and O–H groups in total. The average Bonchev–Trinajstić information content (AvgIpc) is 2.51. The molecule has 0 bridgehead atoms. The van der Waals surface area contributed by atoms with E-state index in [0.29, 0.717) is 11.0 Å². The fraction of sp³-hybridized carbons (Fsp3) is 0. The lowest BCUT2D eigenvalue weighted by Crippen LogP contribution is -2.08. The Bertz CT molecular complexity index is 525. The first-order valence-corrected chi connectivity index (χ1v) is 3.48. The van der Waals surface area contributed by atoms with E-state index >= 15 is 0 Å². The highest BCUT2D eigenvalue weighted by atomic mass is 16.4. The van der Waals surface area contributed by atoms with Crippen LogP contribution in [-0.2, 0) is 0 Å². The van der Waals surface area contributed by atoms with E-state index in [4.69, 9.17) is 5.11 Å². The Morgan fingerprint density at radius 1 is 1.54 bits per heavy atom. The summed E-state index contributed by atoms with van der Waals surface area (Å²) in [4.78, 5) is 24.3. The summed E-state index contributed by atoms with van der Waals surface area (Å²) >= 11 is 0. The maximum atomic E-state index is 11.2. The lowest BCUT2D eigenvalue weighted by Gasteiger charge is -1.93. The van der Waals surface area contributed by atoms with Gasteiger partial charge in [0.05, 0.1) is 11.6 Å². The second kappa shape index (κ2) is 2.44. The van der Waals surface area contributed by atoms with Gasteiger partial charge in [-0.15, -0.1) is 0 Å². The predicted octanol–water partition coefficient (Wildman–Crippen LogP) is -0.0506. The van der Waals surface area contributed by atoms with Crippen LogP contribution in [0.5, 0.6) is 0 Å². The van der Waals surface area contributed by atoms with Crippen molar-refractivity contribution in [1.29, 1.82) is 0 Å². The fourth-order valence-corrected chi connectivity index (χ4v) is 1.06. The van der Waals surface area contributed by atoms with E-state index in [-0.39, 0.29) is 11.1 Å². The molecule has 0 saturated heterocycles. The topological polar surface area (TPSA) is 98.8 Å². The minimum absolute atomic E-state index is 0.151. The summed E-state index contributed by atoms with van der Waals surface area (Å²) in [5, 5.41) is 15.1. The van der Waals surface area contributed by atoms with Gasteiger partial charge in [0.2, 0.25) is 0 Å². The first-order valence-electron chi connectivity index (χ1n) is 3.48. The van der Waals surface area contributed by atoms with E-state index in [1.807, 2.05) is 0 Å². The number of fused-ring (bicyclic) bond motifs is 1. The zero-order valence-electron chi connectivity index (χ0n) is 6.37. The van der Waals surface area contributed by atoms with Crippen molar-refractivity contribution in [2.75, 3.05) is 0 Å². The van der Waals surface area contributed by atoms with Gasteiger partial charge in [0, 0.05) is 6.07 Å². The summed E-state index contributed by atoms with van der Waals surface area (Å²) in [6, 6.07) is 1.03. The number of H-pyrrole nitrogens is 2. The fourth-order valence-electron chi connectivity index (χ4n) is 1.06. The Labute approximate surface area is 71.2 Å². The molecule has 0 saturated carbocycles. The first kappa shape index (κ1) is 7.53. The normalized spacial score (nSPS) is 10.5. The van der Waals surface area contributed by atoms with Gasteiger partial charge in [0.1, 0.15) is 11.3 Å². The molecule has 0 amide bonds. The van der Waals surface area contributed by atoms with Gasteiger partial charge in [-0.2, -0.15) is 5.10 Å². The zero-order valence-corrected chi connectivity index (χ0v) is 6.37. The van der Waals surface area contributed by atoms with E-state index in [1.165, 1.54) is 6.20 Å². The van der Waals surface area contributed by atoms with Crippen LogP contribution in [0.1, 0.15) is 10.5 Å². The number of nitrogens with zero attached hydrogens (tertiary/aromatic N) is 1. The minimum Gasteiger partial charge on any atom is -0.477 e. The largest absolute Gasteiger partial charge is 0.477 e. The summed E-state index contributed by atoms with van der Waals surface area (Å²) in [6.45, 7) is 0. The van der Waals surface area contributed by atoms with Crippen LogP contribution < -0.4 is 5.43 Å². The third kappa shape index (κ3) is 1.08. The van der Waals surface area contributed by atoms with Crippen molar-refractivity contribution in [2.45, 2.75) is 0 Å². The predicted molar refractivity (Wildman–Crippen MR) is 43.7 cm³/mol. The molecular formula is C7H5N3O3. The van der Waals surface area contributed by atoms with Crippen molar-refractivity contribution >= 4 is 17.0 Å². The Kier molecular flexibility index (Phi) is 1.42. The number of hydrogen-bond acceptors (Lipinski definition) is 3. The van der Waals surface area contributed by atoms with Crippen LogP contribution in [0.15, 0.2) is 17.1 Å². The van der Waals surface area contributed by atoms with Crippen molar-refractivity contribution in [3.63, 3.8) is 0 Å². The monoisotopic (exact) mass is 179 g/mol. The van der Waals surface area contributed by atoms with Crippen LogP contribution in [-0.4, -0.2) is 26.3 Å². The number of aromatic nitrogens is 3. The maximum Gasteiger partial charge on any atom is 0.352 e. The number of pyridine rings is 1. The number of nitrogens with one attached hydrogen (secondary N) is 2. The average molecular weight is 179 g/mol. The summed E-state index contributed by atoms with van der Waals surface area (Å²) in [5.74, 6) is -1.17. The lowest BCUT2D eigenvalue weighted by atomic mass is 10.3. The number of carbonyl (C=O) groups is 1. The van der Waals surface area contributed by atoms with Crippen LogP contribution in [0.4, 0.5) is 0 Å². The molecule has 0 aliphatic rings. The van der Waals surface area contributed by atoms with E-state index in [2.05, 4.69) is 15.2 Å². The van der Waals surface area contributed by atoms with Gasteiger partial charge in [-0.3, -0.25) is 9.89 Å². The molecule has 6 nitrogen and oxygen atoms in total. The highest BCUT2D eigenvalue weighted by molar-refractivity contribution is 5.88. The van der Waals surface area contributed by atoms with Gasteiger partial charge in [-0.25, -0.2) is 4.79 Å². The minimum atomic E-state index is -1.17. The van der Waals surface area contributed by atoms with Crippen LogP contribution in [0, 0.1) is 0 Å². The highest BCUT2D eigenvalue weighted by Gasteiger charge is 2.07. The first-order chi connectivity index (χ1) is 6.18. The molecule has 0 unspecified atom stereocenters. The van der Waals surface area contributed by atoms with Gasteiger partial charge in [-0.05, 0) is 0 Å². The number of rotatable bonds is 1. The third-order valence-corrected chi connectivity index (χ3v) is 1.67. The molecule has 66 valence electrons. The second-order valence-electron chi connectivity index (χ2n) is 2.51. The maximum absolute atomic E-state index is 11.2. The van der Waals surface area contributed by atoms with E-state index in [9.17, 15) is 9.59 Å². The van der Waals surface area contributed by atoms with E-state index in [1.54, 1.807) is 0 Å². The standard InChI is InChI=1S/C7H5N3O3/c11-5-1-4(7(12)13)9-6-3(5)2-8-10-6/h1-2H,(H,12,13)(H2,8,9,10,11). The molecule has 0 radical (unpaired) electrons. The Morgan fingerprint density at radius 3 is 3.00 bits per heavy atom. The molecule has 2 aromatic heterocycles. The number of hydrogen-bond donors (Lipinski definition) is 3. The van der Waals surface area contributed by atoms with Crippen LogP contribution >= 0.6 is 0 Å².